The minimum absolute atomic E-state index is 0.0534. The van der Waals surface area contributed by atoms with Gasteiger partial charge in [-0.05, 0) is 66.4 Å². The maximum absolute atomic E-state index is 13.2. The number of thiophene rings is 1. The molecule has 1 saturated heterocycles. The fraction of sp³-hybridized carbons (Fsp3) is 0.333. The molecule has 3 atom stereocenters. The molecule has 5 rings (SSSR count). The van der Waals surface area contributed by atoms with Crippen molar-refractivity contribution in [3.63, 3.8) is 0 Å². The van der Waals surface area contributed by atoms with Crippen molar-refractivity contribution in [3.05, 3.63) is 80.4 Å². The average molecular weight is 489 g/mol. The minimum atomic E-state index is -0.851. The van der Waals surface area contributed by atoms with Gasteiger partial charge in [-0.25, -0.2) is 4.39 Å². The van der Waals surface area contributed by atoms with Crippen molar-refractivity contribution in [1.82, 2.24) is 0 Å². The van der Waals surface area contributed by atoms with Crippen LogP contribution in [0.4, 0.5) is 4.39 Å². The van der Waals surface area contributed by atoms with Gasteiger partial charge in [0.2, 0.25) is 0 Å². The van der Waals surface area contributed by atoms with Gasteiger partial charge < -0.3 is 14.6 Å². The lowest BCUT2D eigenvalue weighted by molar-refractivity contribution is -0.295. The molecule has 0 saturated carbocycles. The van der Waals surface area contributed by atoms with Crippen molar-refractivity contribution < 1.29 is 19.0 Å². The van der Waals surface area contributed by atoms with E-state index >= 15 is 0 Å². The molecule has 0 aliphatic carbocycles. The first-order valence-corrected chi connectivity index (χ1v) is 11.7. The summed E-state index contributed by atoms with van der Waals surface area (Å²) in [6, 6.07) is 15.1. The molecular weight excluding hydrogens is 467 g/mol. The Balaban J connectivity index is 1.44. The molecule has 1 spiro atoms. The van der Waals surface area contributed by atoms with E-state index in [1.165, 1.54) is 17.0 Å². The lowest BCUT2D eigenvalue weighted by atomic mass is 9.90. The van der Waals surface area contributed by atoms with Gasteiger partial charge in [0.1, 0.15) is 5.82 Å². The smallest absolute Gasteiger partial charge is 0.198 e. The van der Waals surface area contributed by atoms with Crippen LogP contribution >= 0.6 is 27.3 Å². The fourth-order valence-electron chi connectivity index (χ4n) is 4.44. The zero-order valence-corrected chi connectivity index (χ0v) is 18.9. The lowest BCUT2D eigenvalue weighted by Gasteiger charge is -2.39. The third kappa shape index (κ3) is 3.76. The van der Waals surface area contributed by atoms with Crippen LogP contribution in [0.5, 0.6) is 0 Å². The van der Waals surface area contributed by atoms with Crippen LogP contribution in [0.1, 0.15) is 41.3 Å². The molecule has 0 radical (unpaired) electrons. The molecule has 6 heteroatoms. The largest absolute Gasteiger partial charge is 0.393 e. The van der Waals surface area contributed by atoms with E-state index in [-0.39, 0.29) is 11.9 Å². The van der Waals surface area contributed by atoms with Gasteiger partial charge in [0.05, 0.1) is 18.8 Å². The van der Waals surface area contributed by atoms with Gasteiger partial charge >= 0.3 is 0 Å². The van der Waals surface area contributed by atoms with E-state index in [1.807, 2.05) is 19.1 Å². The Bertz CT molecular complexity index is 1070. The predicted octanol–water partition coefficient (Wildman–Crippen LogP) is 6.15. The van der Waals surface area contributed by atoms with E-state index < -0.39 is 11.9 Å². The highest BCUT2D eigenvalue weighted by Crippen LogP contribution is 2.47. The van der Waals surface area contributed by atoms with E-state index in [2.05, 4.69) is 40.2 Å². The molecule has 2 aromatic carbocycles. The molecule has 2 aliphatic rings. The summed E-state index contributed by atoms with van der Waals surface area (Å²) in [4.78, 5) is 2.34. The normalized spacial score (nSPS) is 25.6. The first-order chi connectivity index (χ1) is 14.4. The van der Waals surface area contributed by atoms with Crippen molar-refractivity contribution in [3.8, 4) is 10.4 Å². The van der Waals surface area contributed by atoms with E-state index in [0.29, 0.717) is 19.4 Å². The van der Waals surface area contributed by atoms with Crippen LogP contribution in [0.15, 0.2) is 53.0 Å². The van der Waals surface area contributed by atoms with Gasteiger partial charge in [0, 0.05) is 32.6 Å². The predicted molar refractivity (Wildman–Crippen MR) is 119 cm³/mol. The molecule has 2 aliphatic heterocycles. The third-order valence-corrected chi connectivity index (χ3v) is 7.67. The molecule has 30 heavy (non-hydrogen) atoms. The van der Waals surface area contributed by atoms with Crippen LogP contribution in [0.3, 0.4) is 0 Å². The van der Waals surface area contributed by atoms with E-state index in [1.54, 1.807) is 11.3 Å². The Morgan fingerprint density at radius 1 is 1.20 bits per heavy atom. The topological polar surface area (TPSA) is 38.7 Å². The number of rotatable bonds is 3. The van der Waals surface area contributed by atoms with Crippen molar-refractivity contribution in [2.45, 2.75) is 50.8 Å². The van der Waals surface area contributed by atoms with E-state index in [9.17, 15) is 9.50 Å². The summed E-state index contributed by atoms with van der Waals surface area (Å²) in [5.74, 6) is -1.07. The Kier molecular flexibility index (Phi) is 5.32. The van der Waals surface area contributed by atoms with E-state index in [4.69, 9.17) is 9.47 Å². The van der Waals surface area contributed by atoms with Crippen LogP contribution in [-0.2, 0) is 28.3 Å². The number of aliphatic hydroxyl groups is 1. The number of fused-ring (bicyclic) bond motifs is 2. The molecule has 0 unspecified atom stereocenters. The van der Waals surface area contributed by atoms with Crippen LogP contribution in [0.2, 0.25) is 0 Å². The van der Waals surface area contributed by atoms with Crippen molar-refractivity contribution >= 4 is 27.3 Å². The van der Waals surface area contributed by atoms with E-state index in [0.717, 1.165) is 38.0 Å². The van der Waals surface area contributed by atoms with Crippen LogP contribution in [-0.4, -0.2) is 17.3 Å². The van der Waals surface area contributed by atoms with Crippen LogP contribution in [0, 0.1) is 5.82 Å². The molecule has 3 heterocycles. The molecule has 0 amide bonds. The average Bonchev–Trinajstić information content (AvgIpc) is 3.28. The quantitative estimate of drug-likeness (QED) is 0.480. The van der Waals surface area contributed by atoms with Gasteiger partial charge in [0.15, 0.2) is 5.79 Å². The van der Waals surface area contributed by atoms with Crippen LogP contribution < -0.4 is 0 Å². The number of aliphatic hydroxyl groups excluding tert-OH is 1. The maximum Gasteiger partial charge on any atom is 0.198 e. The maximum atomic E-state index is 13.2. The summed E-state index contributed by atoms with van der Waals surface area (Å²) < 4.78 is 26.6. The molecule has 1 fully saturated rings. The molecule has 0 bridgehead atoms. The number of benzene rings is 2. The number of ether oxygens (including phenoxy) is 2. The van der Waals surface area contributed by atoms with Gasteiger partial charge in [-0.3, -0.25) is 0 Å². The summed E-state index contributed by atoms with van der Waals surface area (Å²) in [7, 11) is 0. The monoisotopic (exact) mass is 488 g/mol. The first-order valence-electron chi connectivity index (χ1n) is 10.1. The zero-order chi connectivity index (χ0) is 20.9. The second-order valence-corrected chi connectivity index (χ2v) is 10.1. The molecule has 3 aromatic rings. The highest BCUT2D eigenvalue weighted by molar-refractivity contribution is 9.10. The lowest BCUT2D eigenvalue weighted by Crippen LogP contribution is -2.43. The molecule has 156 valence electrons. The third-order valence-electron chi connectivity index (χ3n) is 5.80. The highest BCUT2D eigenvalue weighted by atomic mass is 79.9. The number of hydrogen-bond donors (Lipinski definition) is 1. The molecule has 1 N–H and O–H groups in total. The van der Waals surface area contributed by atoms with Gasteiger partial charge in [0.25, 0.3) is 0 Å². The molecule has 1 aromatic heterocycles. The summed E-state index contributed by atoms with van der Waals surface area (Å²) in [6.45, 7) is 2.47. The van der Waals surface area contributed by atoms with Gasteiger partial charge in [-0.15, -0.1) is 11.3 Å². The highest BCUT2D eigenvalue weighted by Gasteiger charge is 2.47. The second-order valence-electron chi connectivity index (χ2n) is 8.11. The summed E-state index contributed by atoms with van der Waals surface area (Å²) in [6.07, 6.45) is 1.38. The Morgan fingerprint density at radius 2 is 2.00 bits per heavy atom. The van der Waals surface area contributed by atoms with Crippen molar-refractivity contribution in [2.24, 2.45) is 0 Å². The fourth-order valence-corrected chi connectivity index (χ4v) is 6.00. The Morgan fingerprint density at radius 3 is 2.77 bits per heavy atom. The number of hydrogen-bond acceptors (Lipinski definition) is 4. The standard InChI is InChI=1S/C24H22BrFO3S/c1-14-8-19(27)12-24(29-14)21-10-16(22(25)11-17(21)13-28-24)9-20-6-7-23(30-20)15-2-4-18(26)5-3-15/h2-7,10-11,14,19,27H,8-9,12-13H2,1H3/t14-,19+,24-/m1/s1. The first kappa shape index (κ1) is 20.3. The number of halogens is 2. The summed E-state index contributed by atoms with van der Waals surface area (Å²) >= 11 is 5.43. The van der Waals surface area contributed by atoms with Crippen molar-refractivity contribution in [2.75, 3.05) is 0 Å². The van der Waals surface area contributed by atoms with Crippen LogP contribution in [0.25, 0.3) is 10.4 Å². The summed E-state index contributed by atoms with van der Waals surface area (Å²) in [5.41, 5.74) is 4.31. The molecular formula is C24H22BrFO3S. The minimum Gasteiger partial charge on any atom is -0.393 e. The Hall–Kier alpha value is -1.57. The Labute approximate surface area is 187 Å². The second kappa shape index (κ2) is 7.84. The SMILES string of the molecule is C[C@@H]1C[C@H](O)C[C@@]2(OCc3cc(Br)c(Cc4ccc(-c5ccc(F)cc5)s4)cc32)O1. The van der Waals surface area contributed by atoms with Gasteiger partial charge in [-0.1, -0.05) is 28.1 Å². The zero-order valence-electron chi connectivity index (χ0n) is 16.5. The van der Waals surface area contributed by atoms with Gasteiger partial charge in [-0.2, -0.15) is 0 Å². The summed E-state index contributed by atoms with van der Waals surface area (Å²) in [5, 5.41) is 10.3. The molecule has 3 nitrogen and oxygen atoms in total. The van der Waals surface area contributed by atoms with Crippen molar-refractivity contribution in [1.29, 1.82) is 0 Å².